The Morgan fingerprint density at radius 1 is 1.50 bits per heavy atom. The fraction of sp³-hybridized carbons (Fsp3) is 0.500. The fourth-order valence-electron chi connectivity index (χ4n) is 1.90. The second-order valence-corrected chi connectivity index (χ2v) is 4.35. The molecule has 16 heavy (non-hydrogen) atoms. The first-order chi connectivity index (χ1) is 7.77. The lowest BCUT2D eigenvalue weighted by Crippen LogP contribution is -2.13. The van der Waals surface area contributed by atoms with E-state index in [1.54, 1.807) is 12.1 Å². The van der Waals surface area contributed by atoms with Gasteiger partial charge in [0.05, 0.1) is 16.8 Å². The molecule has 1 fully saturated rings. The van der Waals surface area contributed by atoms with Crippen LogP contribution in [0.3, 0.4) is 0 Å². The average molecular weight is 244 g/mol. The maximum Gasteiger partial charge on any atom is 0.147 e. The summed E-state index contributed by atoms with van der Waals surface area (Å²) in [7, 11) is 0. The summed E-state index contributed by atoms with van der Waals surface area (Å²) in [6, 6.07) is 4.68. The summed E-state index contributed by atoms with van der Waals surface area (Å²) in [5.41, 5.74) is 0.391. The van der Waals surface area contributed by atoms with E-state index in [0.29, 0.717) is 23.4 Å². The summed E-state index contributed by atoms with van der Waals surface area (Å²) in [6.07, 6.45) is 3.45. The Balaban J connectivity index is 1.84. The Hall–Kier alpha value is -0.800. The van der Waals surface area contributed by atoms with Gasteiger partial charge >= 0.3 is 0 Å². The molecule has 1 heterocycles. The number of para-hydroxylation sites is 1. The van der Waals surface area contributed by atoms with Crippen LogP contribution in [0.1, 0.15) is 19.3 Å². The summed E-state index contributed by atoms with van der Waals surface area (Å²) >= 11 is 5.89. The number of anilines is 1. The van der Waals surface area contributed by atoms with Crippen LogP contribution in [0, 0.1) is 5.82 Å². The molecule has 0 radical (unpaired) electrons. The predicted octanol–water partition coefficient (Wildman–Crippen LogP) is 3.46. The molecule has 0 aromatic heterocycles. The van der Waals surface area contributed by atoms with E-state index in [0.717, 1.165) is 25.9 Å². The van der Waals surface area contributed by atoms with E-state index in [-0.39, 0.29) is 5.82 Å². The van der Waals surface area contributed by atoms with Crippen molar-refractivity contribution in [3.8, 4) is 0 Å². The summed E-state index contributed by atoms with van der Waals surface area (Å²) in [5.74, 6) is -0.306. The van der Waals surface area contributed by atoms with E-state index in [1.807, 2.05) is 0 Å². The largest absolute Gasteiger partial charge is 0.381 e. The fourth-order valence-corrected chi connectivity index (χ4v) is 2.13. The summed E-state index contributed by atoms with van der Waals surface area (Å²) in [4.78, 5) is 0. The molecule has 4 heteroatoms. The van der Waals surface area contributed by atoms with E-state index in [9.17, 15) is 4.39 Å². The normalized spacial score (nSPS) is 20.0. The first-order valence-electron chi connectivity index (χ1n) is 5.57. The molecule has 1 aliphatic rings. The van der Waals surface area contributed by atoms with Crippen molar-refractivity contribution in [1.29, 1.82) is 0 Å². The molecule has 1 N–H and O–H groups in total. The van der Waals surface area contributed by atoms with Gasteiger partial charge in [0.2, 0.25) is 0 Å². The Labute approximate surface area is 99.7 Å². The molecule has 1 aromatic carbocycles. The third kappa shape index (κ3) is 2.86. The first kappa shape index (κ1) is 11.7. The van der Waals surface area contributed by atoms with Gasteiger partial charge in [-0.05, 0) is 31.4 Å². The maximum absolute atomic E-state index is 13.4. The van der Waals surface area contributed by atoms with Gasteiger partial charge in [-0.25, -0.2) is 4.39 Å². The van der Waals surface area contributed by atoms with Gasteiger partial charge in [0, 0.05) is 13.2 Å². The van der Waals surface area contributed by atoms with E-state index >= 15 is 0 Å². The molecule has 2 nitrogen and oxygen atoms in total. The maximum atomic E-state index is 13.4. The standard InChI is InChI=1S/C12H15ClFNO/c13-10-4-1-5-11(14)12(10)15-7-6-9-3-2-8-16-9/h1,4-5,9,15H,2-3,6-8H2. The average Bonchev–Trinajstić information content (AvgIpc) is 2.75. The van der Waals surface area contributed by atoms with Gasteiger partial charge < -0.3 is 10.1 Å². The molecule has 1 unspecified atom stereocenters. The van der Waals surface area contributed by atoms with Crippen LogP contribution in [0.4, 0.5) is 10.1 Å². The number of benzene rings is 1. The van der Waals surface area contributed by atoms with Crippen molar-refractivity contribution in [3.05, 3.63) is 29.0 Å². The zero-order chi connectivity index (χ0) is 11.4. The third-order valence-corrected chi connectivity index (χ3v) is 3.07. The molecule has 1 saturated heterocycles. The van der Waals surface area contributed by atoms with Crippen LogP contribution in [0.2, 0.25) is 5.02 Å². The highest BCUT2D eigenvalue weighted by Gasteiger charge is 2.15. The van der Waals surface area contributed by atoms with Crippen LogP contribution in [-0.2, 0) is 4.74 Å². The number of hydrogen-bond acceptors (Lipinski definition) is 2. The summed E-state index contributed by atoms with van der Waals surface area (Å²) < 4.78 is 18.9. The SMILES string of the molecule is Fc1cccc(Cl)c1NCCC1CCCO1. The van der Waals surface area contributed by atoms with Gasteiger partial charge in [-0.15, -0.1) is 0 Å². The molecule has 0 saturated carbocycles. The van der Waals surface area contributed by atoms with E-state index in [1.165, 1.54) is 6.07 Å². The Bertz CT molecular complexity index is 333. The lowest BCUT2D eigenvalue weighted by molar-refractivity contribution is 0.107. The van der Waals surface area contributed by atoms with Crippen LogP contribution < -0.4 is 5.32 Å². The number of ether oxygens (including phenoxy) is 1. The first-order valence-corrected chi connectivity index (χ1v) is 5.94. The smallest absolute Gasteiger partial charge is 0.147 e. The lowest BCUT2D eigenvalue weighted by atomic mass is 10.2. The quantitative estimate of drug-likeness (QED) is 0.875. The van der Waals surface area contributed by atoms with Gasteiger partial charge in [-0.1, -0.05) is 17.7 Å². The minimum atomic E-state index is -0.306. The van der Waals surface area contributed by atoms with Crippen molar-refractivity contribution < 1.29 is 9.13 Å². The van der Waals surface area contributed by atoms with E-state index < -0.39 is 0 Å². The Morgan fingerprint density at radius 2 is 2.38 bits per heavy atom. The molecular weight excluding hydrogens is 229 g/mol. The van der Waals surface area contributed by atoms with Crippen LogP contribution in [0.15, 0.2) is 18.2 Å². The van der Waals surface area contributed by atoms with Gasteiger partial charge in [0.25, 0.3) is 0 Å². The predicted molar refractivity (Wildman–Crippen MR) is 63.5 cm³/mol. The topological polar surface area (TPSA) is 21.3 Å². The lowest BCUT2D eigenvalue weighted by Gasteiger charge is -2.12. The van der Waals surface area contributed by atoms with Crippen molar-refractivity contribution in [1.82, 2.24) is 0 Å². The van der Waals surface area contributed by atoms with Gasteiger partial charge in [0.15, 0.2) is 0 Å². The molecule has 1 aliphatic heterocycles. The number of hydrogen-bond donors (Lipinski definition) is 1. The molecule has 0 bridgehead atoms. The highest BCUT2D eigenvalue weighted by atomic mass is 35.5. The Morgan fingerprint density at radius 3 is 3.06 bits per heavy atom. The van der Waals surface area contributed by atoms with Crippen molar-refractivity contribution in [2.24, 2.45) is 0 Å². The zero-order valence-corrected chi connectivity index (χ0v) is 9.77. The molecule has 0 spiro atoms. The number of halogens is 2. The molecular formula is C12H15ClFNO. The van der Waals surface area contributed by atoms with Crippen LogP contribution in [0.25, 0.3) is 0 Å². The second kappa shape index (κ2) is 5.51. The summed E-state index contributed by atoms with van der Waals surface area (Å²) in [6.45, 7) is 1.54. The van der Waals surface area contributed by atoms with Gasteiger partial charge in [-0.3, -0.25) is 0 Å². The molecule has 88 valence electrons. The third-order valence-electron chi connectivity index (χ3n) is 2.75. The molecule has 1 atom stereocenters. The molecule has 1 aromatic rings. The zero-order valence-electron chi connectivity index (χ0n) is 9.01. The minimum absolute atomic E-state index is 0.306. The minimum Gasteiger partial charge on any atom is -0.381 e. The Kier molecular flexibility index (Phi) is 4.02. The van der Waals surface area contributed by atoms with Gasteiger partial charge in [0.1, 0.15) is 5.82 Å². The number of nitrogens with one attached hydrogen (secondary N) is 1. The van der Waals surface area contributed by atoms with Gasteiger partial charge in [-0.2, -0.15) is 0 Å². The van der Waals surface area contributed by atoms with Crippen molar-refractivity contribution >= 4 is 17.3 Å². The molecule has 0 amide bonds. The monoisotopic (exact) mass is 243 g/mol. The van der Waals surface area contributed by atoms with E-state index in [2.05, 4.69) is 5.32 Å². The molecule has 2 rings (SSSR count). The van der Waals surface area contributed by atoms with Crippen molar-refractivity contribution in [3.63, 3.8) is 0 Å². The summed E-state index contributed by atoms with van der Waals surface area (Å²) in [5, 5.41) is 3.44. The van der Waals surface area contributed by atoms with Crippen LogP contribution >= 0.6 is 11.6 Å². The molecule has 0 aliphatic carbocycles. The highest BCUT2D eigenvalue weighted by Crippen LogP contribution is 2.25. The van der Waals surface area contributed by atoms with E-state index in [4.69, 9.17) is 16.3 Å². The van der Waals surface area contributed by atoms with Crippen LogP contribution in [0.5, 0.6) is 0 Å². The van der Waals surface area contributed by atoms with Crippen molar-refractivity contribution in [2.45, 2.75) is 25.4 Å². The van der Waals surface area contributed by atoms with Crippen molar-refractivity contribution in [2.75, 3.05) is 18.5 Å². The highest BCUT2D eigenvalue weighted by molar-refractivity contribution is 6.33. The number of rotatable bonds is 4. The second-order valence-electron chi connectivity index (χ2n) is 3.95. The van der Waals surface area contributed by atoms with Crippen LogP contribution in [-0.4, -0.2) is 19.3 Å².